The second-order valence-corrected chi connectivity index (χ2v) is 6.51. The highest BCUT2D eigenvalue weighted by Gasteiger charge is 2.60. The van der Waals surface area contributed by atoms with Gasteiger partial charge < -0.3 is 10.0 Å². The van der Waals surface area contributed by atoms with Gasteiger partial charge in [0.2, 0.25) is 5.91 Å². The van der Waals surface area contributed by atoms with E-state index >= 15 is 0 Å². The third-order valence-corrected chi connectivity index (χ3v) is 5.73. The molecule has 1 saturated carbocycles. The number of carbonyl (C=O) groups is 1. The number of nitrogens with zero attached hydrogens (tertiary/aromatic N) is 1. The maximum Gasteiger partial charge on any atom is 0.226 e. The van der Waals surface area contributed by atoms with E-state index in [2.05, 4.69) is 11.8 Å². The summed E-state index contributed by atoms with van der Waals surface area (Å²) in [6.07, 6.45) is 9.23. The summed E-state index contributed by atoms with van der Waals surface area (Å²) in [5, 5.41) is 9.04. The van der Waals surface area contributed by atoms with Crippen LogP contribution in [0.4, 0.5) is 0 Å². The van der Waals surface area contributed by atoms with Crippen LogP contribution < -0.4 is 0 Å². The molecule has 18 heavy (non-hydrogen) atoms. The van der Waals surface area contributed by atoms with Crippen LogP contribution in [0.2, 0.25) is 0 Å². The molecule has 0 radical (unpaired) electrons. The minimum Gasteiger partial charge on any atom is -0.396 e. The Bertz CT molecular complexity index is 343. The Morgan fingerprint density at radius 2 is 2.06 bits per heavy atom. The van der Waals surface area contributed by atoms with Crippen LogP contribution in [0.25, 0.3) is 0 Å². The molecule has 2 saturated heterocycles. The minimum absolute atomic E-state index is 0.217. The molecule has 1 N–H and O–H groups in total. The minimum atomic E-state index is 0.217. The van der Waals surface area contributed by atoms with Crippen LogP contribution in [0.5, 0.6) is 0 Å². The van der Waals surface area contributed by atoms with Crippen molar-refractivity contribution in [1.29, 1.82) is 0 Å². The number of amides is 1. The van der Waals surface area contributed by atoms with Crippen molar-refractivity contribution in [1.82, 2.24) is 4.90 Å². The molecule has 4 atom stereocenters. The van der Waals surface area contributed by atoms with Gasteiger partial charge >= 0.3 is 0 Å². The van der Waals surface area contributed by atoms with Crippen molar-refractivity contribution >= 4 is 5.91 Å². The number of rotatable bonds is 3. The number of aliphatic hydroxyl groups is 1. The molecule has 1 aliphatic carbocycles. The summed E-state index contributed by atoms with van der Waals surface area (Å²) in [4.78, 5) is 14.9. The van der Waals surface area contributed by atoms with Crippen molar-refractivity contribution in [2.75, 3.05) is 6.61 Å². The van der Waals surface area contributed by atoms with E-state index in [1.165, 1.54) is 32.1 Å². The van der Waals surface area contributed by atoms with E-state index in [0.29, 0.717) is 17.9 Å². The topological polar surface area (TPSA) is 40.5 Å². The summed E-state index contributed by atoms with van der Waals surface area (Å²) >= 11 is 0. The lowest BCUT2D eigenvalue weighted by Gasteiger charge is -2.47. The Kier molecular flexibility index (Phi) is 3.13. The van der Waals surface area contributed by atoms with E-state index in [0.717, 1.165) is 19.3 Å². The third-order valence-electron chi connectivity index (χ3n) is 5.73. The van der Waals surface area contributed by atoms with Crippen molar-refractivity contribution in [2.45, 2.75) is 69.9 Å². The maximum atomic E-state index is 12.6. The molecule has 0 aromatic heterocycles. The SMILES string of the molecule is C[C@H]1C(=O)N2[C@@H](CCCO)CCC[C@]23CCC[C@H]13. The normalized spacial score (nSPS) is 43.1. The summed E-state index contributed by atoms with van der Waals surface area (Å²) < 4.78 is 0. The smallest absolute Gasteiger partial charge is 0.226 e. The lowest BCUT2D eigenvalue weighted by molar-refractivity contribution is -0.139. The quantitative estimate of drug-likeness (QED) is 0.836. The molecule has 3 heteroatoms. The van der Waals surface area contributed by atoms with Crippen molar-refractivity contribution in [3.8, 4) is 0 Å². The fourth-order valence-electron chi connectivity index (χ4n) is 5.06. The molecular weight excluding hydrogens is 226 g/mol. The van der Waals surface area contributed by atoms with Crippen LogP contribution in [0, 0.1) is 11.8 Å². The number of piperidine rings is 1. The van der Waals surface area contributed by atoms with Gasteiger partial charge in [-0.1, -0.05) is 13.3 Å². The Hall–Kier alpha value is -0.570. The molecule has 3 nitrogen and oxygen atoms in total. The van der Waals surface area contributed by atoms with Gasteiger partial charge in [0.05, 0.1) is 0 Å². The first-order chi connectivity index (χ1) is 8.70. The monoisotopic (exact) mass is 251 g/mol. The second-order valence-electron chi connectivity index (χ2n) is 6.51. The van der Waals surface area contributed by atoms with Gasteiger partial charge in [-0.25, -0.2) is 0 Å². The lowest BCUT2D eigenvalue weighted by Crippen LogP contribution is -2.55. The molecule has 3 aliphatic rings. The van der Waals surface area contributed by atoms with Crippen LogP contribution in [0.3, 0.4) is 0 Å². The first-order valence-corrected chi connectivity index (χ1v) is 7.65. The highest BCUT2D eigenvalue weighted by molar-refractivity contribution is 5.83. The second kappa shape index (κ2) is 4.52. The average Bonchev–Trinajstić information content (AvgIpc) is 2.86. The van der Waals surface area contributed by atoms with Crippen LogP contribution in [-0.4, -0.2) is 34.1 Å². The first kappa shape index (κ1) is 12.5. The number of aliphatic hydroxyl groups excluding tert-OH is 1. The van der Waals surface area contributed by atoms with Crippen LogP contribution in [-0.2, 0) is 4.79 Å². The van der Waals surface area contributed by atoms with Crippen molar-refractivity contribution < 1.29 is 9.90 Å². The summed E-state index contributed by atoms with van der Waals surface area (Å²) in [6, 6.07) is 0.406. The zero-order chi connectivity index (χ0) is 12.8. The molecule has 3 rings (SSSR count). The Morgan fingerprint density at radius 3 is 2.78 bits per heavy atom. The standard InChI is InChI=1S/C15H25NO2/c1-11-13-7-3-9-15(13)8-2-5-12(6-4-10-17)16(15)14(11)18/h11-13,17H,2-10H2,1H3/t11-,12-,13-,15-/m1/s1. The zero-order valence-corrected chi connectivity index (χ0v) is 11.4. The fourth-order valence-corrected chi connectivity index (χ4v) is 5.06. The van der Waals surface area contributed by atoms with Gasteiger partial charge in [0.15, 0.2) is 0 Å². The molecule has 2 heterocycles. The molecule has 0 unspecified atom stereocenters. The largest absolute Gasteiger partial charge is 0.396 e. The summed E-state index contributed by atoms with van der Waals surface area (Å²) in [5.41, 5.74) is 0.217. The van der Waals surface area contributed by atoms with Crippen molar-refractivity contribution in [3.05, 3.63) is 0 Å². The fraction of sp³-hybridized carbons (Fsp3) is 0.933. The van der Waals surface area contributed by atoms with E-state index < -0.39 is 0 Å². The average molecular weight is 251 g/mol. The highest BCUT2D eigenvalue weighted by Crippen LogP contribution is 2.56. The molecule has 102 valence electrons. The van der Waals surface area contributed by atoms with Gasteiger partial charge in [0.1, 0.15) is 0 Å². The molecule has 1 amide bonds. The van der Waals surface area contributed by atoms with Gasteiger partial charge in [-0.3, -0.25) is 4.79 Å². The van der Waals surface area contributed by atoms with Crippen LogP contribution in [0.15, 0.2) is 0 Å². The molecule has 3 fully saturated rings. The van der Waals surface area contributed by atoms with Crippen LogP contribution in [0.1, 0.15) is 58.3 Å². The summed E-state index contributed by atoms with van der Waals surface area (Å²) in [6.45, 7) is 2.39. The van der Waals surface area contributed by atoms with Crippen molar-refractivity contribution in [2.24, 2.45) is 11.8 Å². The molecule has 1 spiro atoms. The Morgan fingerprint density at radius 1 is 1.33 bits per heavy atom. The van der Waals surface area contributed by atoms with Gasteiger partial charge in [-0.15, -0.1) is 0 Å². The number of hydrogen-bond acceptors (Lipinski definition) is 2. The van der Waals surface area contributed by atoms with E-state index in [1.54, 1.807) is 0 Å². The molecule has 2 aliphatic heterocycles. The van der Waals surface area contributed by atoms with Gasteiger partial charge in [0.25, 0.3) is 0 Å². The van der Waals surface area contributed by atoms with Gasteiger partial charge in [0, 0.05) is 24.1 Å². The first-order valence-electron chi connectivity index (χ1n) is 7.65. The number of carbonyl (C=O) groups excluding carboxylic acids is 1. The number of hydrogen-bond donors (Lipinski definition) is 1. The molecular formula is C15H25NO2. The highest BCUT2D eigenvalue weighted by atomic mass is 16.3. The van der Waals surface area contributed by atoms with E-state index in [9.17, 15) is 4.79 Å². The predicted octanol–water partition coefficient (Wildman–Crippen LogP) is 2.33. The predicted molar refractivity (Wildman–Crippen MR) is 70.0 cm³/mol. The zero-order valence-electron chi connectivity index (χ0n) is 11.4. The summed E-state index contributed by atoms with van der Waals surface area (Å²) in [5.74, 6) is 1.26. The van der Waals surface area contributed by atoms with E-state index in [1.807, 2.05) is 0 Å². The van der Waals surface area contributed by atoms with E-state index in [4.69, 9.17) is 5.11 Å². The molecule has 0 aromatic carbocycles. The van der Waals surface area contributed by atoms with Crippen molar-refractivity contribution in [3.63, 3.8) is 0 Å². The maximum absolute atomic E-state index is 12.6. The van der Waals surface area contributed by atoms with Crippen LogP contribution >= 0.6 is 0 Å². The molecule has 0 aromatic rings. The molecule has 0 bridgehead atoms. The summed E-state index contributed by atoms with van der Waals surface area (Å²) in [7, 11) is 0. The Balaban J connectivity index is 1.88. The lowest BCUT2D eigenvalue weighted by atomic mass is 9.76. The van der Waals surface area contributed by atoms with E-state index in [-0.39, 0.29) is 18.1 Å². The third kappa shape index (κ3) is 1.56. The Labute approximate surface area is 110 Å². The van der Waals surface area contributed by atoms with Gasteiger partial charge in [-0.05, 0) is 50.9 Å². The van der Waals surface area contributed by atoms with Gasteiger partial charge in [-0.2, -0.15) is 0 Å².